The van der Waals surface area contributed by atoms with Crippen LogP contribution in [0.3, 0.4) is 0 Å². The van der Waals surface area contributed by atoms with E-state index in [1.54, 1.807) is 46.8 Å². The predicted molar refractivity (Wildman–Crippen MR) is 301 cm³/mol. The van der Waals surface area contributed by atoms with Crippen molar-refractivity contribution >= 4 is 79.5 Å². The summed E-state index contributed by atoms with van der Waals surface area (Å²) in [6.45, 7) is 2.49. The minimum absolute atomic E-state index is 0.229. The number of ether oxygens (including phenoxy) is 7. The van der Waals surface area contributed by atoms with E-state index in [-0.39, 0.29) is 11.9 Å². The van der Waals surface area contributed by atoms with E-state index < -0.39 is 5.97 Å². The van der Waals surface area contributed by atoms with Crippen molar-refractivity contribution in [2.24, 2.45) is 11.5 Å². The highest BCUT2D eigenvalue weighted by molar-refractivity contribution is 7.80. The van der Waals surface area contributed by atoms with Crippen LogP contribution >= 0.6 is 34.9 Å². The van der Waals surface area contributed by atoms with Crippen molar-refractivity contribution in [2.45, 2.75) is 26.2 Å². The van der Waals surface area contributed by atoms with Crippen LogP contribution < -0.4 is 57.4 Å². The SMILES string of the molecule is CO/C=C/C(=O)OC.COC(=O)c1cnc(NCc2ccc(OC)cc2)s1.COc1ccc(CN)cc1.COc1ccc(CNC(N)=S)cc1.COc1ccc(CNc2ncc(C(=O)Nc3ccccc3N)s2)cc1. The van der Waals surface area contributed by atoms with E-state index in [1.165, 1.54) is 62.5 Å². The fourth-order valence-electron chi connectivity index (χ4n) is 5.53. The molecule has 0 aliphatic heterocycles. The monoisotopic (exact) mass is 1080 g/mol. The number of anilines is 4. The van der Waals surface area contributed by atoms with Crippen molar-refractivity contribution in [2.75, 3.05) is 71.5 Å². The van der Waals surface area contributed by atoms with E-state index in [1.807, 2.05) is 109 Å². The van der Waals surface area contributed by atoms with Gasteiger partial charge in [-0.05, 0) is 95.1 Å². The van der Waals surface area contributed by atoms with Gasteiger partial charge in [-0.2, -0.15) is 0 Å². The van der Waals surface area contributed by atoms with Crippen LogP contribution in [0, 0.1) is 0 Å². The van der Waals surface area contributed by atoms with Crippen molar-refractivity contribution < 1.29 is 47.5 Å². The van der Waals surface area contributed by atoms with Gasteiger partial charge in [0.25, 0.3) is 5.91 Å². The third-order valence-corrected chi connectivity index (χ3v) is 11.6. The third kappa shape index (κ3) is 23.8. The molecule has 0 aliphatic carbocycles. The number of para-hydroxylation sites is 2. The third-order valence-electron chi connectivity index (χ3n) is 9.60. The molecule has 0 atom stereocenters. The number of carbonyl (C=O) groups excluding carboxylic acids is 3. The molecule has 0 fully saturated rings. The summed E-state index contributed by atoms with van der Waals surface area (Å²) in [5.74, 6) is 2.36. The van der Waals surface area contributed by atoms with Gasteiger partial charge in [-0.25, -0.2) is 19.6 Å². The molecule has 0 unspecified atom stereocenters. The molecule has 7 aromatic rings. The topological polar surface area (TPSA) is 268 Å². The van der Waals surface area contributed by atoms with Crippen LogP contribution in [0.4, 0.5) is 21.6 Å². The number of thiazole rings is 2. The molecule has 0 radical (unpaired) electrons. The summed E-state index contributed by atoms with van der Waals surface area (Å²) in [7, 11) is 10.7. The first-order valence-electron chi connectivity index (χ1n) is 22.4. The number of amides is 1. The summed E-state index contributed by atoms with van der Waals surface area (Å²) in [4.78, 5) is 43.1. The largest absolute Gasteiger partial charge is 0.504 e. The number of thiocarbonyl (C=S) groups is 1. The second-order valence-electron chi connectivity index (χ2n) is 14.7. The summed E-state index contributed by atoms with van der Waals surface area (Å²) in [6.07, 6.45) is 5.51. The second kappa shape index (κ2) is 34.8. The first-order chi connectivity index (χ1) is 36.3. The maximum absolute atomic E-state index is 12.3. The van der Waals surface area contributed by atoms with Gasteiger partial charge >= 0.3 is 11.9 Å². The second-order valence-corrected chi connectivity index (χ2v) is 17.2. The number of methoxy groups -OCH3 is 7. The zero-order chi connectivity index (χ0) is 54.8. The van der Waals surface area contributed by atoms with Gasteiger partial charge < -0.3 is 71.6 Å². The highest BCUT2D eigenvalue weighted by Gasteiger charge is 2.13. The lowest BCUT2D eigenvalue weighted by Gasteiger charge is -2.06. The molecular weight excluding hydrogens is 1020 g/mol. The van der Waals surface area contributed by atoms with Gasteiger partial charge in [-0.15, -0.1) is 0 Å². The van der Waals surface area contributed by atoms with Gasteiger partial charge in [-0.3, -0.25) is 4.79 Å². The number of nitrogens with zero attached hydrogens (tertiary/aromatic N) is 2. The van der Waals surface area contributed by atoms with Gasteiger partial charge in [0.1, 0.15) is 32.8 Å². The Morgan fingerprint density at radius 1 is 0.587 bits per heavy atom. The first-order valence-corrected chi connectivity index (χ1v) is 24.5. The zero-order valence-electron chi connectivity index (χ0n) is 42.6. The number of esters is 2. The highest BCUT2D eigenvalue weighted by atomic mass is 32.1. The summed E-state index contributed by atoms with van der Waals surface area (Å²) in [5, 5.41) is 13.7. The number of benzene rings is 5. The van der Waals surface area contributed by atoms with E-state index in [0.717, 1.165) is 45.3 Å². The molecule has 0 saturated heterocycles. The van der Waals surface area contributed by atoms with Crippen molar-refractivity contribution in [3.05, 3.63) is 178 Å². The average Bonchev–Trinajstić information content (AvgIpc) is 4.15. The van der Waals surface area contributed by atoms with Gasteiger partial charge in [0.15, 0.2) is 15.4 Å². The lowest BCUT2D eigenvalue weighted by atomic mass is 10.2. The van der Waals surface area contributed by atoms with E-state index >= 15 is 0 Å². The van der Waals surface area contributed by atoms with Crippen LogP contribution in [0.15, 0.2) is 146 Å². The van der Waals surface area contributed by atoms with Gasteiger partial charge in [-0.1, -0.05) is 83.3 Å². The molecule has 5 aromatic carbocycles. The first kappa shape index (κ1) is 60.9. The smallest absolute Gasteiger partial charge is 0.349 e. The van der Waals surface area contributed by atoms with Crippen molar-refractivity contribution in [1.29, 1.82) is 0 Å². The van der Waals surface area contributed by atoms with E-state index in [2.05, 4.69) is 57.7 Å². The predicted octanol–water partition coefficient (Wildman–Crippen LogP) is 8.65. The van der Waals surface area contributed by atoms with Crippen LogP contribution in [-0.4, -0.2) is 82.7 Å². The molecule has 398 valence electrons. The number of nitrogen functional groups attached to an aromatic ring is 1. The molecule has 7 rings (SSSR count). The number of aromatic nitrogens is 2. The minimum atomic E-state index is -0.410. The molecule has 1 amide bonds. The Morgan fingerprint density at radius 2 is 1.01 bits per heavy atom. The van der Waals surface area contributed by atoms with Crippen LogP contribution in [0.25, 0.3) is 0 Å². The number of rotatable bonds is 18. The van der Waals surface area contributed by atoms with Crippen LogP contribution in [-0.2, 0) is 45.2 Å². The average molecular weight is 1080 g/mol. The van der Waals surface area contributed by atoms with Gasteiger partial charge in [0.2, 0.25) is 0 Å². The molecule has 0 saturated carbocycles. The fourth-order valence-corrected chi connectivity index (χ4v) is 7.04. The molecule has 19 nitrogen and oxygen atoms in total. The van der Waals surface area contributed by atoms with Crippen LogP contribution in [0.5, 0.6) is 23.0 Å². The molecular formula is C53H63N9O10S3. The van der Waals surface area contributed by atoms with E-state index in [9.17, 15) is 14.4 Å². The lowest BCUT2D eigenvalue weighted by Crippen LogP contribution is -2.28. The minimum Gasteiger partial charge on any atom is -0.504 e. The molecule has 10 N–H and O–H groups in total. The summed E-state index contributed by atoms with van der Waals surface area (Å²) >= 11 is 7.25. The van der Waals surface area contributed by atoms with Crippen molar-refractivity contribution in [1.82, 2.24) is 15.3 Å². The van der Waals surface area contributed by atoms with Crippen molar-refractivity contribution in [3.8, 4) is 23.0 Å². The Labute approximate surface area is 450 Å². The summed E-state index contributed by atoms with van der Waals surface area (Å²) in [5.41, 5.74) is 22.1. The lowest BCUT2D eigenvalue weighted by molar-refractivity contribution is -0.134. The van der Waals surface area contributed by atoms with Gasteiger partial charge in [0.05, 0.1) is 85.9 Å². The Bertz CT molecular complexity index is 2770. The fraction of sp³-hybridized carbons (Fsp3) is 0.208. The van der Waals surface area contributed by atoms with Gasteiger partial charge in [0, 0.05) is 26.2 Å². The standard InChI is InChI=1S/C18H18N4O2S.C13H14N2O3S.C9H12N2OS.C8H11NO.C5H8O3/c1-24-13-8-6-12(7-9-13)10-20-18-21-11-16(25-18)17(23)22-15-5-3-2-4-14(15)19;1-17-10-5-3-9(4-6-10)7-14-13-15-8-11(19-13)12(16)18-2;1-12-8-4-2-7(3-5-8)6-11-9(10)13;1-10-8-4-2-7(6-9)3-5-8;1-7-4-3-5(6)8-2/h2-9,11H,10,19H2,1H3,(H,20,21)(H,22,23);3-6,8H,7H2,1-2H3,(H,14,15);2-5H,6H2,1H3,(H3,10,11,13);2-5H,6,9H2,1H3;3-4H,1-2H3/b;;;;4-3+. The summed E-state index contributed by atoms with van der Waals surface area (Å²) in [6, 6.07) is 38.1. The Balaban J connectivity index is 0.000000263. The number of nitrogens with two attached hydrogens (primary N) is 3. The molecule has 2 aromatic heterocycles. The molecule has 0 spiro atoms. The maximum atomic E-state index is 12.3. The molecule has 2 heterocycles. The Morgan fingerprint density at radius 3 is 1.41 bits per heavy atom. The number of hydrogen-bond donors (Lipinski definition) is 7. The van der Waals surface area contributed by atoms with Crippen LogP contribution in [0.1, 0.15) is 41.6 Å². The number of hydrogen-bond acceptors (Lipinski definition) is 19. The van der Waals surface area contributed by atoms with E-state index in [0.29, 0.717) is 62.7 Å². The van der Waals surface area contributed by atoms with E-state index in [4.69, 9.17) is 36.1 Å². The molecule has 22 heteroatoms. The quantitative estimate of drug-likeness (QED) is 0.0139. The maximum Gasteiger partial charge on any atom is 0.349 e. The normalized spacial score (nSPS) is 9.81. The molecule has 75 heavy (non-hydrogen) atoms. The highest BCUT2D eigenvalue weighted by Crippen LogP contribution is 2.24. The Kier molecular flexibility index (Phi) is 28.3. The Hall–Kier alpha value is -8.44. The van der Waals surface area contributed by atoms with Crippen molar-refractivity contribution in [3.63, 3.8) is 0 Å². The summed E-state index contributed by atoms with van der Waals surface area (Å²) < 4.78 is 33.5. The molecule has 0 bridgehead atoms. The number of nitrogens with one attached hydrogen (secondary N) is 4. The zero-order valence-corrected chi connectivity index (χ0v) is 45.1. The van der Waals surface area contributed by atoms with Crippen LogP contribution in [0.2, 0.25) is 0 Å². The number of carbonyl (C=O) groups is 3. The molecule has 0 aliphatic rings.